The van der Waals surface area contributed by atoms with Crippen LogP contribution in [0.3, 0.4) is 0 Å². The normalized spacial score (nSPS) is 11.3. The van der Waals surface area contributed by atoms with Crippen molar-refractivity contribution in [2.45, 2.75) is 0 Å². The highest BCUT2D eigenvalue weighted by molar-refractivity contribution is 9.10. The molecule has 0 radical (unpaired) electrons. The van der Waals surface area contributed by atoms with Crippen LogP contribution in [0, 0.1) is 0 Å². The summed E-state index contributed by atoms with van der Waals surface area (Å²) in [6, 6.07) is 79.0. The Bertz CT molecular complexity index is 3000. The molecule has 0 aromatic heterocycles. The molecule has 0 heterocycles. The number of halogens is 1. The van der Waals surface area contributed by atoms with Crippen LogP contribution in [0.25, 0.3) is 76.8 Å². The first kappa shape index (κ1) is 33.8. The largest absolute Gasteiger partial charge is 0.310 e. The summed E-state index contributed by atoms with van der Waals surface area (Å²) in [7, 11) is 0. The zero-order chi connectivity index (χ0) is 37.4. The van der Waals surface area contributed by atoms with Gasteiger partial charge in [-0.3, -0.25) is 0 Å². The van der Waals surface area contributed by atoms with Crippen molar-refractivity contribution in [3.63, 3.8) is 0 Å². The third-order valence-corrected chi connectivity index (χ3v) is 11.6. The van der Waals surface area contributed by atoms with Gasteiger partial charge in [0.1, 0.15) is 0 Å². The third kappa shape index (κ3) is 6.24. The summed E-state index contributed by atoms with van der Waals surface area (Å²) in [4.78, 5) is 2.36. The van der Waals surface area contributed by atoms with Crippen molar-refractivity contribution in [2.75, 3.05) is 4.90 Å². The summed E-state index contributed by atoms with van der Waals surface area (Å²) in [5, 5.41) is 7.58. The summed E-state index contributed by atoms with van der Waals surface area (Å²) in [6.45, 7) is 0. The van der Waals surface area contributed by atoms with E-state index in [2.05, 4.69) is 239 Å². The molecule has 0 bridgehead atoms. The van der Waals surface area contributed by atoms with E-state index in [1.165, 1.54) is 65.7 Å². The van der Waals surface area contributed by atoms with E-state index >= 15 is 0 Å². The summed E-state index contributed by atoms with van der Waals surface area (Å²) in [6.07, 6.45) is 0. The van der Waals surface area contributed by atoms with Gasteiger partial charge in [-0.1, -0.05) is 186 Å². The molecule has 56 heavy (non-hydrogen) atoms. The highest BCUT2D eigenvalue weighted by Crippen LogP contribution is 2.42. The van der Waals surface area contributed by atoms with Crippen LogP contribution in [-0.4, -0.2) is 0 Å². The van der Waals surface area contributed by atoms with Crippen LogP contribution in [0.4, 0.5) is 17.1 Å². The maximum Gasteiger partial charge on any atom is 0.0468 e. The van der Waals surface area contributed by atoms with Gasteiger partial charge in [0, 0.05) is 21.5 Å². The van der Waals surface area contributed by atoms with Crippen LogP contribution in [0.5, 0.6) is 0 Å². The molecule has 10 aromatic carbocycles. The predicted molar refractivity (Wildman–Crippen MR) is 243 cm³/mol. The molecule has 0 aliphatic carbocycles. The highest BCUT2D eigenvalue weighted by Gasteiger charge is 2.17. The molecule has 0 unspecified atom stereocenters. The smallest absolute Gasteiger partial charge is 0.0468 e. The molecule has 10 aromatic rings. The van der Waals surface area contributed by atoms with E-state index in [-0.39, 0.29) is 0 Å². The van der Waals surface area contributed by atoms with Gasteiger partial charge in [-0.2, -0.15) is 0 Å². The predicted octanol–water partition coefficient (Wildman–Crippen LogP) is 16.0. The number of benzene rings is 10. The number of rotatable bonds is 7. The molecule has 0 atom stereocenters. The maximum atomic E-state index is 3.91. The minimum Gasteiger partial charge on any atom is -0.310 e. The van der Waals surface area contributed by atoms with Gasteiger partial charge >= 0.3 is 0 Å². The van der Waals surface area contributed by atoms with Crippen molar-refractivity contribution in [1.82, 2.24) is 0 Å². The fraction of sp³-hybridized carbons (Fsp3) is 0. The topological polar surface area (TPSA) is 3.24 Å². The second-order valence-corrected chi connectivity index (χ2v) is 15.1. The SMILES string of the molecule is Brc1ccc(N(c2ccc(-c3ccccc3)cc2)c2ccc(-c3cc4ccccc4c4ccccc34)cc2)cc1-c1ccc(-c2cccc3ccccc23)cc1. The zero-order valence-corrected chi connectivity index (χ0v) is 32.2. The van der Waals surface area contributed by atoms with E-state index in [9.17, 15) is 0 Å². The summed E-state index contributed by atoms with van der Waals surface area (Å²) in [5.74, 6) is 0. The Kier molecular flexibility index (Phi) is 8.74. The van der Waals surface area contributed by atoms with Crippen LogP contribution >= 0.6 is 15.9 Å². The van der Waals surface area contributed by atoms with Crippen molar-refractivity contribution < 1.29 is 0 Å². The second kappa shape index (κ2) is 14.5. The molecule has 0 saturated heterocycles. The Morgan fingerprint density at radius 3 is 1.46 bits per heavy atom. The van der Waals surface area contributed by atoms with E-state index in [1.807, 2.05) is 0 Å². The van der Waals surface area contributed by atoms with E-state index in [0.717, 1.165) is 32.7 Å². The molecule has 10 rings (SSSR count). The summed E-state index contributed by atoms with van der Waals surface area (Å²) < 4.78 is 1.05. The number of nitrogens with zero attached hydrogens (tertiary/aromatic N) is 1. The Labute approximate surface area is 335 Å². The molecule has 0 N–H and O–H groups in total. The van der Waals surface area contributed by atoms with Crippen molar-refractivity contribution in [3.05, 3.63) is 223 Å². The van der Waals surface area contributed by atoms with Gasteiger partial charge in [-0.25, -0.2) is 0 Å². The van der Waals surface area contributed by atoms with E-state index < -0.39 is 0 Å². The lowest BCUT2D eigenvalue weighted by Gasteiger charge is -2.27. The summed E-state index contributed by atoms with van der Waals surface area (Å²) in [5.41, 5.74) is 12.8. The molecule has 0 aliphatic rings. The fourth-order valence-corrected chi connectivity index (χ4v) is 8.62. The van der Waals surface area contributed by atoms with E-state index in [1.54, 1.807) is 0 Å². The second-order valence-electron chi connectivity index (χ2n) is 14.3. The highest BCUT2D eigenvalue weighted by atomic mass is 79.9. The van der Waals surface area contributed by atoms with Crippen molar-refractivity contribution in [3.8, 4) is 44.5 Å². The Balaban J connectivity index is 1.06. The first-order valence-electron chi connectivity index (χ1n) is 19.0. The standard InChI is InChI=1S/C54H36BrN/c55-54-34-33-46(36-53(54)42-23-21-40(22-24-42)48-20-10-15-39-13-4-6-16-47(39)48)56(44-29-25-38(26-30-44)37-11-2-1-3-12-37)45-31-27-41(28-32-45)52-35-43-14-5-7-17-49(43)50-18-8-9-19-51(50)52/h1-36H. The van der Waals surface area contributed by atoms with Crippen molar-refractivity contribution >= 4 is 65.3 Å². The minimum absolute atomic E-state index is 1.05. The van der Waals surface area contributed by atoms with E-state index in [0.29, 0.717) is 0 Å². The van der Waals surface area contributed by atoms with Gasteiger partial charge < -0.3 is 4.90 Å². The summed E-state index contributed by atoms with van der Waals surface area (Å²) >= 11 is 3.91. The molecule has 264 valence electrons. The van der Waals surface area contributed by atoms with Gasteiger partial charge in [0.05, 0.1) is 0 Å². The maximum absolute atomic E-state index is 3.91. The van der Waals surface area contributed by atoms with Gasteiger partial charge in [0.25, 0.3) is 0 Å². The third-order valence-electron chi connectivity index (χ3n) is 10.9. The van der Waals surface area contributed by atoms with Gasteiger partial charge in [-0.15, -0.1) is 0 Å². The number of fused-ring (bicyclic) bond motifs is 4. The van der Waals surface area contributed by atoms with Crippen LogP contribution in [0.1, 0.15) is 0 Å². The van der Waals surface area contributed by atoms with Crippen LogP contribution in [0.15, 0.2) is 223 Å². The number of hydrogen-bond donors (Lipinski definition) is 0. The van der Waals surface area contributed by atoms with Crippen molar-refractivity contribution in [1.29, 1.82) is 0 Å². The van der Waals surface area contributed by atoms with E-state index in [4.69, 9.17) is 0 Å². The Hall–Kier alpha value is -6.74. The van der Waals surface area contributed by atoms with Crippen molar-refractivity contribution in [2.24, 2.45) is 0 Å². The molecule has 0 amide bonds. The molecular weight excluding hydrogens is 743 g/mol. The Morgan fingerprint density at radius 2 is 0.750 bits per heavy atom. The molecule has 0 spiro atoms. The van der Waals surface area contributed by atoms with Crippen LogP contribution in [0.2, 0.25) is 0 Å². The molecular formula is C54H36BrN. The molecule has 0 saturated carbocycles. The molecule has 1 nitrogen and oxygen atoms in total. The van der Waals surface area contributed by atoms with Gasteiger partial charge in [0.15, 0.2) is 0 Å². The molecule has 0 fully saturated rings. The lowest BCUT2D eigenvalue weighted by molar-refractivity contribution is 1.28. The number of hydrogen-bond acceptors (Lipinski definition) is 1. The Morgan fingerprint density at radius 1 is 0.268 bits per heavy atom. The molecule has 0 aliphatic heterocycles. The van der Waals surface area contributed by atoms with Gasteiger partial charge in [-0.05, 0) is 125 Å². The average Bonchev–Trinajstić information content (AvgIpc) is 3.27. The zero-order valence-electron chi connectivity index (χ0n) is 30.6. The fourth-order valence-electron chi connectivity index (χ4n) is 8.14. The average molecular weight is 779 g/mol. The van der Waals surface area contributed by atoms with Gasteiger partial charge in [0.2, 0.25) is 0 Å². The van der Waals surface area contributed by atoms with Crippen LogP contribution in [-0.2, 0) is 0 Å². The lowest BCUT2D eigenvalue weighted by atomic mass is 9.93. The first-order chi connectivity index (χ1) is 27.7. The molecule has 2 heteroatoms. The minimum atomic E-state index is 1.05. The lowest BCUT2D eigenvalue weighted by Crippen LogP contribution is -2.10. The monoisotopic (exact) mass is 777 g/mol. The quantitative estimate of drug-likeness (QED) is 0.146. The van der Waals surface area contributed by atoms with Crippen LogP contribution < -0.4 is 4.90 Å². The number of anilines is 3. The first-order valence-corrected chi connectivity index (χ1v) is 19.8.